The smallest absolute Gasteiger partial charge is 0.285 e. The molecule has 138 valence electrons. The second kappa shape index (κ2) is 6.54. The van der Waals surface area contributed by atoms with Crippen LogP contribution < -0.4 is 5.56 Å². The van der Waals surface area contributed by atoms with Crippen LogP contribution in [0, 0.1) is 12.8 Å². The maximum atomic E-state index is 13.4. The van der Waals surface area contributed by atoms with Crippen LogP contribution in [0.25, 0.3) is 23.0 Å². The van der Waals surface area contributed by atoms with Gasteiger partial charge in [-0.3, -0.25) is 9.36 Å². The Morgan fingerprint density at radius 2 is 1.93 bits per heavy atom. The van der Waals surface area contributed by atoms with E-state index in [2.05, 4.69) is 29.9 Å². The molecule has 4 aromatic rings. The molecule has 27 heavy (non-hydrogen) atoms. The summed E-state index contributed by atoms with van der Waals surface area (Å²) in [6.45, 7) is 6.76. The molecule has 0 bridgehead atoms. The lowest BCUT2D eigenvalue weighted by Crippen LogP contribution is -2.21. The molecule has 0 fully saturated rings. The number of fused-ring (bicyclic) bond motifs is 2. The van der Waals surface area contributed by atoms with Crippen LogP contribution in [0.5, 0.6) is 0 Å². The molecular weight excluding hydrogens is 338 g/mol. The summed E-state index contributed by atoms with van der Waals surface area (Å²) >= 11 is 0. The molecule has 0 amide bonds. The Balaban J connectivity index is 1.99. The molecule has 4 rings (SSSR count). The molecule has 0 spiro atoms. The van der Waals surface area contributed by atoms with Crippen molar-refractivity contribution in [1.82, 2.24) is 23.5 Å². The van der Waals surface area contributed by atoms with Crippen LogP contribution in [0.1, 0.15) is 30.8 Å². The first-order valence-corrected chi connectivity index (χ1v) is 9.12. The van der Waals surface area contributed by atoms with E-state index in [4.69, 9.17) is 0 Å². The number of aromatic nitrogens is 5. The van der Waals surface area contributed by atoms with Gasteiger partial charge in [-0.05, 0) is 24.5 Å². The van der Waals surface area contributed by atoms with Gasteiger partial charge in [-0.2, -0.15) is 0 Å². The Bertz CT molecular complexity index is 1210. The molecule has 0 radical (unpaired) electrons. The van der Waals surface area contributed by atoms with Gasteiger partial charge in [-0.15, -0.1) is 0 Å². The molecule has 0 aliphatic rings. The van der Waals surface area contributed by atoms with E-state index in [1.165, 1.54) is 0 Å². The maximum absolute atomic E-state index is 13.4. The third-order valence-electron chi connectivity index (χ3n) is 4.76. The standard InChI is InChI=1S/C21H23N5O/c1-14(2)10-11-17-15(3)23-21-24(4)19-18(20(27)26(17)21)25(13-22-19)12-16-8-6-5-7-9-16/h5-11,13-14H,12H2,1-4H3/b11-10+. The predicted octanol–water partition coefficient (Wildman–Crippen LogP) is 3.41. The highest BCUT2D eigenvalue weighted by molar-refractivity contribution is 5.74. The Kier molecular flexibility index (Phi) is 4.18. The van der Waals surface area contributed by atoms with Crippen molar-refractivity contribution >= 4 is 23.0 Å². The molecule has 0 aliphatic carbocycles. The van der Waals surface area contributed by atoms with E-state index >= 15 is 0 Å². The van der Waals surface area contributed by atoms with Crippen molar-refractivity contribution in [2.45, 2.75) is 27.3 Å². The lowest BCUT2D eigenvalue weighted by Gasteiger charge is -2.07. The van der Waals surface area contributed by atoms with Crippen LogP contribution >= 0.6 is 0 Å². The summed E-state index contributed by atoms with van der Waals surface area (Å²) in [6, 6.07) is 10.1. The molecule has 0 saturated carbocycles. The Labute approximate surface area is 157 Å². The highest BCUT2D eigenvalue weighted by Gasteiger charge is 2.18. The van der Waals surface area contributed by atoms with E-state index in [0.29, 0.717) is 29.4 Å². The van der Waals surface area contributed by atoms with Gasteiger partial charge in [0.2, 0.25) is 5.78 Å². The first-order chi connectivity index (χ1) is 13.0. The number of aryl methyl sites for hydroxylation is 2. The fourth-order valence-electron chi connectivity index (χ4n) is 3.37. The van der Waals surface area contributed by atoms with E-state index in [9.17, 15) is 4.79 Å². The Morgan fingerprint density at radius 3 is 2.63 bits per heavy atom. The minimum atomic E-state index is -0.0875. The molecular formula is C21H23N5O. The van der Waals surface area contributed by atoms with Gasteiger partial charge in [0.1, 0.15) is 0 Å². The molecule has 6 heteroatoms. The second-order valence-corrected chi connectivity index (χ2v) is 7.22. The van der Waals surface area contributed by atoms with Gasteiger partial charge in [0.05, 0.1) is 17.7 Å². The molecule has 0 atom stereocenters. The third kappa shape index (κ3) is 2.87. The van der Waals surface area contributed by atoms with Crippen molar-refractivity contribution in [2.75, 3.05) is 0 Å². The summed E-state index contributed by atoms with van der Waals surface area (Å²) in [4.78, 5) is 22.5. The topological polar surface area (TPSA) is 57.1 Å². The normalized spacial score (nSPS) is 12.2. The van der Waals surface area contributed by atoms with Crippen LogP contribution in [-0.2, 0) is 13.6 Å². The van der Waals surface area contributed by atoms with Crippen molar-refractivity contribution in [3.05, 3.63) is 70.0 Å². The van der Waals surface area contributed by atoms with Gasteiger partial charge >= 0.3 is 0 Å². The van der Waals surface area contributed by atoms with Crippen molar-refractivity contribution in [3.63, 3.8) is 0 Å². The number of benzene rings is 1. The molecule has 0 saturated heterocycles. The largest absolute Gasteiger partial charge is 0.320 e. The van der Waals surface area contributed by atoms with Crippen molar-refractivity contribution in [3.8, 4) is 0 Å². The summed E-state index contributed by atoms with van der Waals surface area (Å²) in [7, 11) is 1.90. The van der Waals surface area contributed by atoms with Crippen molar-refractivity contribution < 1.29 is 0 Å². The van der Waals surface area contributed by atoms with Gasteiger partial charge in [0.15, 0.2) is 11.2 Å². The zero-order chi connectivity index (χ0) is 19.1. The number of nitrogens with zero attached hydrogens (tertiary/aromatic N) is 5. The summed E-state index contributed by atoms with van der Waals surface area (Å²) in [5.41, 5.74) is 3.94. The van der Waals surface area contributed by atoms with E-state index in [0.717, 1.165) is 17.0 Å². The number of allylic oxidation sites excluding steroid dienone is 1. The lowest BCUT2D eigenvalue weighted by atomic mass is 10.2. The van der Waals surface area contributed by atoms with E-state index in [-0.39, 0.29) is 5.56 Å². The minimum absolute atomic E-state index is 0.0875. The number of imidazole rings is 2. The SMILES string of the molecule is Cc1nc2n(C)c3ncn(Cc4ccccc4)c3c(=O)n2c1/C=C/C(C)C. The van der Waals surface area contributed by atoms with Gasteiger partial charge in [0, 0.05) is 13.6 Å². The summed E-state index contributed by atoms with van der Waals surface area (Å²) in [5.74, 6) is 1.00. The van der Waals surface area contributed by atoms with Crippen LogP contribution in [-0.4, -0.2) is 23.5 Å². The molecule has 3 heterocycles. The van der Waals surface area contributed by atoms with Gasteiger partial charge < -0.3 is 4.57 Å². The maximum Gasteiger partial charge on any atom is 0.285 e. The summed E-state index contributed by atoms with van der Waals surface area (Å²) in [6.07, 6.45) is 5.81. The van der Waals surface area contributed by atoms with Crippen LogP contribution in [0.4, 0.5) is 0 Å². The quantitative estimate of drug-likeness (QED) is 0.560. The molecule has 0 aliphatic heterocycles. The zero-order valence-corrected chi connectivity index (χ0v) is 16.0. The van der Waals surface area contributed by atoms with Crippen LogP contribution in [0.3, 0.4) is 0 Å². The first-order valence-electron chi connectivity index (χ1n) is 9.12. The van der Waals surface area contributed by atoms with Gasteiger partial charge in [-0.1, -0.05) is 50.3 Å². The third-order valence-corrected chi connectivity index (χ3v) is 4.76. The van der Waals surface area contributed by atoms with Crippen LogP contribution in [0.15, 0.2) is 47.5 Å². The fourth-order valence-corrected chi connectivity index (χ4v) is 3.37. The van der Waals surface area contributed by atoms with Crippen molar-refractivity contribution in [1.29, 1.82) is 0 Å². The van der Waals surface area contributed by atoms with Crippen LogP contribution in [0.2, 0.25) is 0 Å². The minimum Gasteiger partial charge on any atom is -0.320 e. The summed E-state index contributed by atoms with van der Waals surface area (Å²) < 4.78 is 5.50. The Hall–Kier alpha value is -3.15. The average molecular weight is 361 g/mol. The number of hydrogen-bond acceptors (Lipinski definition) is 3. The highest BCUT2D eigenvalue weighted by Crippen LogP contribution is 2.18. The van der Waals surface area contributed by atoms with Gasteiger partial charge in [-0.25, -0.2) is 14.4 Å². The molecule has 3 aromatic heterocycles. The van der Waals surface area contributed by atoms with E-state index in [1.807, 2.05) is 59.5 Å². The predicted molar refractivity (Wildman–Crippen MR) is 108 cm³/mol. The second-order valence-electron chi connectivity index (χ2n) is 7.22. The highest BCUT2D eigenvalue weighted by atomic mass is 16.1. The zero-order valence-electron chi connectivity index (χ0n) is 16.0. The molecule has 0 unspecified atom stereocenters. The first kappa shape index (κ1) is 17.3. The fraction of sp³-hybridized carbons (Fsp3) is 0.286. The molecule has 6 nitrogen and oxygen atoms in total. The van der Waals surface area contributed by atoms with E-state index in [1.54, 1.807) is 10.7 Å². The van der Waals surface area contributed by atoms with Crippen molar-refractivity contribution in [2.24, 2.45) is 13.0 Å². The molecule has 0 N–H and O–H groups in total. The number of rotatable bonds is 4. The van der Waals surface area contributed by atoms with E-state index < -0.39 is 0 Å². The monoisotopic (exact) mass is 361 g/mol. The Morgan fingerprint density at radius 1 is 1.19 bits per heavy atom. The lowest BCUT2D eigenvalue weighted by molar-refractivity contribution is 0.814. The number of hydrogen-bond donors (Lipinski definition) is 0. The average Bonchev–Trinajstić information content (AvgIpc) is 3.20. The van der Waals surface area contributed by atoms with Gasteiger partial charge in [0.25, 0.3) is 5.56 Å². The summed E-state index contributed by atoms with van der Waals surface area (Å²) in [5, 5.41) is 0. The molecule has 1 aromatic carbocycles.